The molecule has 1 atom stereocenters. The molecule has 0 bridgehead atoms. The second kappa shape index (κ2) is 5.94. The molecular weight excluding hydrogens is 294 g/mol. The monoisotopic (exact) mass is 305 g/mol. The third-order valence-electron chi connectivity index (χ3n) is 3.18. The number of halogens is 1. The number of anilines is 1. The lowest BCUT2D eigenvalue weighted by Gasteiger charge is -2.30. The molecule has 1 N–H and O–H groups in total. The number of amides is 4. The Morgan fingerprint density at radius 3 is 2.67 bits per heavy atom. The van der Waals surface area contributed by atoms with E-state index in [0.29, 0.717) is 12.8 Å². The van der Waals surface area contributed by atoms with Gasteiger partial charge in [-0.15, -0.1) is 0 Å². The number of carbonyl (C=O) groups excluding carboxylic acids is 3. The predicted molar refractivity (Wildman–Crippen MR) is 75.6 cm³/mol. The molecule has 6 nitrogen and oxygen atoms in total. The summed E-state index contributed by atoms with van der Waals surface area (Å²) in [7, 11) is 0. The number of hydrogen-bond donors (Lipinski definition) is 1. The van der Waals surface area contributed by atoms with Crippen LogP contribution in [0.2, 0.25) is 5.02 Å². The molecule has 2 rings (SSSR count). The first-order valence-corrected chi connectivity index (χ1v) is 6.75. The van der Waals surface area contributed by atoms with Crippen LogP contribution in [0.5, 0.6) is 0 Å². The normalized spacial score (nSPS) is 18.4. The van der Waals surface area contributed by atoms with Crippen molar-refractivity contribution in [3.63, 3.8) is 0 Å². The standard InChI is InChI=1S/C14H12ClN3O3/c1-2-3-10-12(19)17-14(21)18(13(10)20)9-5-4-8(7-16)11(15)6-9/h4-6,10H,2-3H2,1H3,(H,17,19,21). The summed E-state index contributed by atoms with van der Waals surface area (Å²) < 4.78 is 0. The topological polar surface area (TPSA) is 90.3 Å². The summed E-state index contributed by atoms with van der Waals surface area (Å²) in [5.74, 6) is -2.05. The minimum atomic E-state index is -0.887. The third-order valence-corrected chi connectivity index (χ3v) is 3.49. The fourth-order valence-corrected chi connectivity index (χ4v) is 2.36. The fraction of sp³-hybridized carbons (Fsp3) is 0.286. The van der Waals surface area contributed by atoms with Crippen LogP contribution in [0.3, 0.4) is 0 Å². The van der Waals surface area contributed by atoms with E-state index in [0.717, 1.165) is 4.90 Å². The van der Waals surface area contributed by atoms with Crippen LogP contribution in [0.4, 0.5) is 10.5 Å². The largest absolute Gasteiger partial charge is 0.335 e. The Morgan fingerprint density at radius 2 is 2.10 bits per heavy atom. The molecule has 1 aromatic rings. The Balaban J connectivity index is 2.39. The Bertz CT molecular complexity index is 666. The SMILES string of the molecule is CCCC1C(=O)NC(=O)N(c2ccc(C#N)c(Cl)c2)C1=O. The van der Waals surface area contributed by atoms with E-state index in [1.165, 1.54) is 18.2 Å². The molecule has 0 radical (unpaired) electrons. The lowest BCUT2D eigenvalue weighted by molar-refractivity contribution is -0.134. The molecule has 4 amide bonds. The van der Waals surface area contributed by atoms with Crippen LogP contribution < -0.4 is 10.2 Å². The first-order chi connectivity index (χ1) is 9.99. The Kier molecular flexibility index (Phi) is 4.24. The summed E-state index contributed by atoms with van der Waals surface area (Å²) in [6, 6.07) is 5.31. The van der Waals surface area contributed by atoms with Gasteiger partial charge in [-0.2, -0.15) is 5.26 Å². The van der Waals surface area contributed by atoms with E-state index < -0.39 is 23.8 Å². The molecule has 0 aliphatic carbocycles. The number of benzene rings is 1. The number of imide groups is 2. The molecule has 21 heavy (non-hydrogen) atoms. The van der Waals surface area contributed by atoms with Gasteiger partial charge in [-0.3, -0.25) is 14.9 Å². The fourth-order valence-electron chi connectivity index (χ4n) is 2.14. The third kappa shape index (κ3) is 2.73. The van der Waals surface area contributed by atoms with Gasteiger partial charge in [-0.25, -0.2) is 9.69 Å². The summed E-state index contributed by atoms with van der Waals surface area (Å²) in [5, 5.41) is 11.1. The highest BCUT2D eigenvalue weighted by Gasteiger charge is 2.40. The van der Waals surface area contributed by atoms with Gasteiger partial charge < -0.3 is 0 Å². The van der Waals surface area contributed by atoms with Gasteiger partial charge in [0, 0.05) is 0 Å². The van der Waals surface area contributed by atoms with Gasteiger partial charge in [0.15, 0.2) is 0 Å². The van der Waals surface area contributed by atoms with Crippen LogP contribution in [0.15, 0.2) is 18.2 Å². The number of nitriles is 1. The van der Waals surface area contributed by atoms with Crippen molar-refractivity contribution in [1.29, 1.82) is 5.26 Å². The van der Waals surface area contributed by atoms with Gasteiger partial charge in [0.25, 0.3) is 0 Å². The summed E-state index contributed by atoms with van der Waals surface area (Å²) in [6.45, 7) is 1.85. The van der Waals surface area contributed by atoms with Crippen molar-refractivity contribution in [3.05, 3.63) is 28.8 Å². The van der Waals surface area contributed by atoms with Gasteiger partial charge in [0.2, 0.25) is 11.8 Å². The number of nitrogens with one attached hydrogen (secondary N) is 1. The highest BCUT2D eigenvalue weighted by atomic mass is 35.5. The first-order valence-electron chi connectivity index (χ1n) is 6.38. The van der Waals surface area contributed by atoms with E-state index in [4.69, 9.17) is 16.9 Å². The molecule has 1 aliphatic rings. The van der Waals surface area contributed by atoms with E-state index in [1.807, 2.05) is 13.0 Å². The van der Waals surface area contributed by atoms with Crippen molar-refractivity contribution in [2.45, 2.75) is 19.8 Å². The van der Waals surface area contributed by atoms with E-state index >= 15 is 0 Å². The van der Waals surface area contributed by atoms with Crippen LogP contribution in [0.25, 0.3) is 0 Å². The molecule has 1 unspecified atom stereocenters. The molecule has 108 valence electrons. The smallest absolute Gasteiger partial charge is 0.277 e. The minimum absolute atomic E-state index is 0.138. The maximum Gasteiger partial charge on any atom is 0.335 e. The molecule has 0 spiro atoms. The molecule has 1 saturated heterocycles. The van der Waals surface area contributed by atoms with Crippen molar-refractivity contribution in [2.75, 3.05) is 4.90 Å². The zero-order valence-corrected chi connectivity index (χ0v) is 12.0. The van der Waals surface area contributed by atoms with E-state index in [9.17, 15) is 14.4 Å². The average molecular weight is 306 g/mol. The minimum Gasteiger partial charge on any atom is -0.277 e. The Morgan fingerprint density at radius 1 is 1.38 bits per heavy atom. The van der Waals surface area contributed by atoms with Gasteiger partial charge in [0.1, 0.15) is 12.0 Å². The number of nitrogens with zero attached hydrogens (tertiary/aromatic N) is 2. The van der Waals surface area contributed by atoms with Crippen molar-refractivity contribution < 1.29 is 14.4 Å². The molecular formula is C14H12ClN3O3. The van der Waals surface area contributed by atoms with E-state index in [1.54, 1.807) is 0 Å². The Hall–Kier alpha value is -2.39. The van der Waals surface area contributed by atoms with Crippen molar-refractivity contribution in [3.8, 4) is 6.07 Å². The number of hydrogen-bond acceptors (Lipinski definition) is 4. The zero-order chi connectivity index (χ0) is 15.6. The number of barbiturate groups is 1. The molecule has 1 aromatic carbocycles. The number of carbonyl (C=O) groups is 3. The van der Waals surface area contributed by atoms with Gasteiger partial charge in [-0.1, -0.05) is 24.9 Å². The molecule has 7 heteroatoms. The van der Waals surface area contributed by atoms with Crippen LogP contribution in [0, 0.1) is 17.2 Å². The number of rotatable bonds is 3. The summed E-state index contributed by atoms with van der Waals surface area (Å²) in [5.41, 5.74) is 0.474. The molecule has 0 aromatic heterocycles. The molecule has 1 fully saturated rings. The maximum atomic E-state index is 12.3. The molecule has 1 heterocycles. The maximum absolute atomic E-state index is 12.3. The van der Waals surface area contributed by atoms with Crippen molar-refractivity contribution in [2.24, 2.45) is 5.92 Å². The molecule has 1 aliphatic heterocycles. The van der Waals surface area contributed by atoms with Crippen LogP contribution in [0.1, 0.15) is 25.3 Å². The summed E-state index contributed by atoms with van der Waals surface area (Å²) >= 11 is 5.91. The van der Waals surface area contributed by atoms with Crippen LogP contribution >= 0.6 is 11.6 Å². The highest BCUT2D eigenvalue weighted by molar-refractivity contribution is 6.33. The van der Waals surface area contributed by atoms with E-state index in [2.05, 4.69) is 5.32 Å². The second-order valence-corrected chi connectivity index (χ2v) is 4.99. The van der Waals surface area contributed by atoms with Gasteiger partial charge in [0.05, 0.1) is 16.3 Å². The van der Waals surface area contributed by atoms with Crippen LogP contribution in [-0.2, 0) is 9.59 Å². The zero-order valence-electron chi connectivity index (χ0n) is 11.2. The Labute approximate surface area is 126 Å². The van der Waals surface area contributed by atoms with E-state index in [-0.39, 0.29) is 16.3 Å². The first kappa shape index (κ1) is 15.0. The van der Waals surface area contributed by atoms with Gasteiger partial charge >= 0.3 is 6.03 Å². The second-order valence-electron chi connectivity index (χ2n) is 4.59. The van der Waals surface area contributed by atoms with Crippen LogP contribution in [-0.4, -0.2) is 17.8 Å². The summed E-state index contributed by atoms with van der Waals surface area (Å²) in [4.78, 5) is 36.8. The predicted octanol–water partition coefficient (Wildman–Crippen LogP) is 2.21. The quantitative estimate of drug-likeness (QED) is 0.867. The number of urea groups is 1. The van der Waals surface area contributed by atoms with Crippen molar-refractivity contribution >= 4 is 35.1 Å². The average Bonchev–Trinajstić information content (AvgIpc) is 2.43. The lowest BCUT2D eigenvalue weighted by Crippen LogP contribution is -2.58. The molecule has 0 saturated carbocycles. The lowest BCUT2D eigenvalue weighted by atomic mass is 9.99. The highest BCUT2D eigenvalue weighted by Crippen LogP contribution is 2.27. The van der Waals surface area contributed by atoms with Crippen molar-refractivity contribution in [1.82, 2.24) is 5.32 Å². The summed E-state index contributed by atoms with van der Waals surface area (Å²) in [6.07, 6.45) is 0.998. The van der Waals surface area contributed by atoms with Gasteiger partial charge in [-0.05, 0) is 24.6 Å².